The van der Waals surface area contributed by atoms with Gasteiger partial charge in [0, 0.05) is 42.4 Å². The molecule has 9 nitrogen and oxygen atoms in total. The van der Waals surface area contributed by atoms with Crippen molar-refractivity contribution in [3.8, 4) is 40.1 Å². The Morgan fingerprint density at radius 2 is 1.85 bits per heavy atom. The lowest BCUT2D eigenvalue weighted by Crippen LogP contribution is -2.26. The molecule has 0 bridgehead atoms. The summed E-state index contributed by atoms with van der Waals surface area (Å²) in [4.78, 5) is 10.9. The van der Waals surface area contributed by atoms with Gasteiger partial charge < -0.3 is 23.7 Å². The minimum Gasteiger partial charge on any atom is -0.494 e. The maximum absolute atomic E-state index is 10.5. The lowest BCUT2D eigenvalue weighted by Gasteiger charge is -2.24. The fourth-order valence-corrected chi connectivity index (χ4v) is 4.93. The van der Waals surface area contributed by atoms with Crippen molar-refractivity contribution in [1.29, 1.82) is 5.26 Å². The molecule has 0 aliphatic carbocycles. The number of methoxy groups -OCH3 is 1. The van der Waals surface area contributed by atoms with Crippen molar-refractivity contribution in [3.63, 3.8) is 0 Å². The van der Waals surface area contributed by atoms with Gasteiger partial charge in [-0.15, -0.1) is 0 Å². The summed E-state index contributed by atoms with van der Waals surface area (Å²) >= 11 is 0. The summed E-state index contributed by atoms with van der Waals surface area (Å²) in [7, 11) is 5.12. The van der Waals surface area contributed by atoms with E-state index in [1.165, 1.54) is 0 Å². The Morgan fingerprint density at radius 3 is 2.52 bits per heavy atom. The molecule has 1 fully saturated rings. The summed E-state index contributed by atoms with van der Waals surface area (Å²) in [5, 5.41) is 20.4. The lowest BCUT2D eigenvalue weighted by atomic mass is 9.92. The van der Waals surface area contributed by atoms with Crippen molar-refractivity contribution in [2.45, 2.75) is 44.9 Å². The Hall–Kier alpha value is -3.97. The first-order valence-corrected chi connectivity index (χ1v) is 13.4. The maximum Gasteiger partial charge on any atom is 0.161 e. The number of nitrogens with zero attached hydrogens (tertiary/aromatic N) is 4. The topological polar surface area (TPSA) is 114 Å². The van der Waals surface area contributed by atoms with E-state index in [1.54, 1.807) is 38.4 Å². The van der Waals surface area contributed by atoms with Gasteiger partial charge in [-0.25, -0.2) is 4.98 Å². The second-order valence-corrected chi connectivity index (χ2v) is 10.5. The lowest BCUT2D eigenvalue weighted by molar-refractivity contribution is 0.0254. The van der Waals surface area contributed by atoms with Gasteiger partial charge in [-0.2, -0.15) is 5.26 Å². The van der Waals surface area contributed by atoms with Gasteiger partial charge in [-0.3, -0.25) is 9.88 Å². The minimum atomic E-state index is -0.819. The molecule has 1 aliphatic rings. The van der Waals surface area contributed by atoms with Crippen LogP contribution in [0.1, 0.15) is 55.5 Å². The van der Waals surface area contributed by atoms with Crippen molar-refractivity contribution < 1.29 is 23.7 Å². The van der Waals surface area contributed by atoms with Gasteiger partial charge in [0.05, 0.1) is 25.9 Å². The molecule has 1 N–H and O–H groups in total. The van der Waals surface area contributed by atoms with E-state index in [0.717, 1.165) is 29.5 Å². The normalized spacial score (nSPS) is 15.0. The highest BCUT2D eigenvalue weighted by molar-refractivity contribution is 5.95. The first kappa shape index (κ1) is 27.6. The third-order valence-corrected chi connectivity index (χ3v) is 7.16. The predicted molar refractivity (Wildman–Crippen MR) is 151 cm³/mol. The van der Waals surface area contributed by atoms with Crippen LogP contribution in [0.25, 0.3) is 33.7 Å². The average molecular weight is 543 g/mol. The molecule has 0 amide bonds. The quantitative estimate of drug-likeness (QED) is 0.281. The molecule has 4 heterocycles. The Labute approximate surface area is 233 Å². The van der Waals surface area contributed by atoms with Crippen molar-refractivity contribution in [3.05, 3.63) is 59.4 Å². The molecular weight excluding hydrogens is 508 g/mol. The van der Waals surface area contributed by atoms with Crippen LogP contribution in [0.5, 0.6) is 11.5 Å². The summed E-state index contributed by atoms with van der Waals surface area (Å²) in [6.45, 7) is 5.53. The van der Waals surface area contributed by atoms with Crippen LogP contribution in [0.2, 0.25) is 0 Å². The van der Waals surface area contributed by atoms with E-state index in [9.17, 15) is 10.4 Å². The van der Waals surface area contributed by atoms with Crippen LogP contribution < -0.4 is 9.47 Å². The summed E-state index contributed by atoms with van der Waals surface area (Å²) in [6.07, 6.45) is 4.29. The molecule has 1 unspecified atom stereocenters. The van der Waals surface area contributed by atoms with Crippen molar-refractivity contribution in [2.75, 3.05) is 34.4 Å². The molecule has 208 valence electrons. The van der Waals surface area contributed by atoms with E-state index in [4.69, 9.17) is 18.6 Å². The number of aliphatic hydroxyl groups is 1. The fourth-order valence-electron chi connectivity index (χ4n) is 4.93. The number of furan rings is 1. The molecule has 1 atom stereocenters. The van der Waals surface area contributed by atoms with E-state index in [0.29, 0.717) is 58.4 Å². The highest BCUT2D eigenvalue weighted by Crippen LogP contribution is 2.41. The fraction of sp³-hybridized carbons (Fsp3) is 0.387. The van der Waals surface area contributed by atoms with Crippen LogP contribution in [0.3, 0.4) is 0 Å². The molecule has 1 aromatic carbocycles. The average Bonchev–Trinajstić information content (AvgIpc) is 3.40. The Bertz CT molecular complexity index is 1550. The van der Waals surface area contributed by atoms with Crippen LogP contribution in [0.4, 0.5) is 0 Å². The number of hydrogen-bond acceptors (Lipinski definition) is 9. The standard InChI is InChI=1S/C31H34N4O5/c1-18(2)23-17-33-24-14-27(29-26(37-5)13-21(16-34-29)31(36)35(3)4)40-30(24)28(23)19-6-7-25(20(12-19)15-32)39-22-8-10-38-11-9-22/h6-7,12-14,16-18,22,31,36H,8-11H2,1-5H3. The Kier molecular flexibility index (Phi) is 8.03. The van der Waals surface area contributed by atoms with Gasteiger partial charge in [0.2, 0.25) is 0 Å². The van der Waals surface area contributed by atoms with Gasteiger partial charge in [0.15, 0.2) is 11.3 Å². The molecular formula is C31H34N4O5. The van der Waals surface area contributed by atoms with E-state index < -0.39 is 6.23 Å². The number of pyridine rings is 2. The first-order valence-electron chi connectivity index (χ1n) is 13.4. The zero-order valence-corrected chi connectivity index (χ0v) is 23.5. The van der Waals surface area contributed by atoms with Crippen LogP contribution in [-0.2, 0) is 4.74 Å². The van der Waals surface area contributed by atoms with E-state index in [2.05, 4.69) is 29.9 Å². The van der Waals surface area contributed by atoms with Crippen molar-refractivity contribution in [2.24, 2.45) is 0 Å². The molecule has 4 aromatic rings. The van der Waals surface area contributed by atoms with Gasteiger partial charge in [-0.05, 0) is 49.3 Å². The molecule has 0 saturated carbocycles. The van der Waals surface area contributed by atoms with E-state index >= 15 is 0 Å². The molecule has 1 saturated heterocycles. The smallest absolute Gasteiger partial charge is 0.161 e. The highest BCUT2D eigenvalue weighted by atomic mass is 16.5. The molecule has 9 heteroatoms. The maximum atomic E-state index is 10.5. The molecule has 40 heavy (non-hydrogen) atoms. The Balaban J connectivity index is 1.60. The molecule has 0 radical (unpaired) electrons. The van der Waals surface area contributed by atoms with Crippen molar-refractivity contribution in [1.82, 2.24) is 14.9 Å². The monoisotopic (exact) mass is 542 g/mol. The van der Waals surface area contributed by atoms with Gasteiger partial charge in [-0.1, -0.05) is 19.9 Å². The van der Waals surface area contributed by atoms with Crippen LogP contribution >= 0.6 is 0 Å². The number of ether oxygens (including phenoxy) is 3. The van der Waals surface area contributed by atoms with Gasteiger partial charge >= 0.3 is 0 Å². The summed E-state index contributed by atoms with van der Waals surface area (Å²) in [6, 6.07) is 11.6. The predicted octanol–water partition coefficient (Wildman–Crippen LogP) is 5.67. The summed E-state index contributed by atoms with van der Waals surface area (Å²) in [5.74, 6) is 1.70. The Morgan fingerprint density at radius 1 is 1.07 bits per heavy atom. The van der Waals surface area contributed by atoms with Crippen LogP contribution in [0, 0.1) is 11.3 Å². The minimum absolute atomic E-state index is 0.0332. The largest absolute Gasteiger partial charge is 0.494 e. The third-order valence-electron chi connectivity index (χ3n) is 7.16. The number of aliphatic hydroxyl groups excluding tert-OH is 1. The molecule has 3 aromatic heterocycles. The molecule has 1 aliphatic heterocycles. The van der Waals surface area contributed by atoms with Crippen LogP contribution in [-0.4, -0.2) is 60.5 Å². The zero-order chi connectivity index (χ0) is 28.4. The third kappa shape index (κ3) is 5.39. The SMILES string of the molecule is COc1cc(C(O)N(C)C)cnc1-c1cc2ncc(C(C)C)c(-c3ccc(OC4CCOCC4)c(C#N)c3)c2o1. The number of aromatic nitrogens is 2. The number of rotatable bonds is 8. The highest BCUT2D eigenvalue weighted by Gasteiger charge is 2.23. The number of benzene rings is 1. The molecule has 5 rings (SSSR count). The van der Waals surface area contributed by atoms with Gasteiger partial charge in [0.25, 0.3) is 0 Å². The molecule has 0 spiro atoms. The summed E-state index contributed by atoms with van der Waals surface area (Å²) < 4.78 is 23.7. The second-order valence-electron chi connectivity index (χ2n) is 10.5. The zero-order valence-electron chi connectivity index (χ0n) is 23.5. The summed E-state index contributed by atoms with van der Waals surface area (Å²) in [5.41, 5.74) is 5.56. The number of fused-ring (bicyclic) bond motifs is 1. The van der Waals surface area contributed by atoms with E-state index in [-0.39, 0.29) is 12.0 Å². The van der Waals surface area contributed by atoms with E-state index in [1.807, 2.05) is 30.5 Å². The van der Waals surface area contributed by atoms with Gasteiger partial charge in [0.1, 0.15) is 41.1 Å². The second kappa shape index (κ2) is 11.6. The van der Waals surface area contributed by atoms with Crippen molar-refractivity contribution >= 4 is 11.1 Å². The first-order chi connectivity index (χ1) is 19.3. The number of hydrogen-bond donors (Lipinski definition) is 1. The number of nitriles is 1. The van der Waals surface area contributed by atoms with Crippen LogP contribution in [0.15, 0.2) is 47.1 Å².